The maximum absolute atomic E-state index is 13.0. The highest BCUT2D eigenvalue weighted by atomic mass is 127. The number of aliphatic imine (C=N–C) groups is 1. The second-order valence-corrected chi connectivity index (χ2v) is 6.95. The second-order valence-electron chi connectivity index (χ2n) is 6.95. The normalized spacial score (nSPS) is 16.4. The lowest BCUT2D eigenvalue weighted by molar-refractivity contribution is 0.166. The highest BCUT2D eigenvalue weighted by Crippen LogP contribution is 2.14. The molecule has 1 aliphatic rings. The minimum atomic E-state index is -0.758. The molecule has 0 saturated carbocycles. The van der Waals surface area contributed by atoms with Crippen LogP contribution in [0.25, 0.3) is 0 Å². The highest BCUT2D eigenvalue weighted by Gasteiger charge is 2.21. The average Bonchev–Trinajstić information content (AvgIpc) is 3.11. The van der Waals surface area contributed by atoms with E-state index < -0.39 is 6.10 Å². The van der Waals surface area contributed by atoms with Crippen molar-refractivity contribution in [1.82, 2.24) is 20.3 Å². The molecule has 2 aromatic rings. The third kappa shape index (κ3) is 6.93. The van der Waals surface area contributed by atoms with Gasteiger partial charge in [-0.3, -0.25) is 9.89 Å². The Morgan fingerprint density at radius 2 is 1.97 bits per heavy atom. The van der Waals surface area contributed by atoms with Crippen LogP contribution in [0.2, 0.25) is 0 Å². The van der Waals surface area contributed by atoms with Gasteiger partial charge in [0.05, 0.1) is 18.3 Å². The highest BCUT2D eigenvalue weighted by molar-refractivity contribution is 14.0. The fourth-order valence-electron chi connectivity index (χ4n) is 3.23. The Morgan fingerprint density at radius 3 is 2.55 bits per heavy atom. The van der Waals surface area contributed by atoms with Crippen LogP contribution in [0.3, 0.4) is 0 Å². The van der Waals surface area contributed by atoms with E-state index in [2.05, 4.69) is 25.3 Å². The topological polar surface area (TPSA) is 77.1 Å². The molecule has 1 aromatic carbocycles. The molecule has 2 N–H and O–H groups in total. The Balaban J connectivity index is 0.00000300. The minimum absolute atomic E-state index is 0. The van der Waals surface area contributed by atoms with Crippen LogP contribution in [-0.2, 0) is 6.54 Å². The molecular weight excluding hydrogens is 488 g/mol. The van der Waals surface area contributed by atoms with Gasteiger partial charge in [-0.05, 0) is 31.5 Å². The van der Waals surface area contributed by atoms with Crippen molar-refractivity contribution in [2.75, 3.05) is 39.3 Å². The number of nitrogens with zero attached hydrogens (tertiary/aromatic N) is 4. The molecule has 7 nitrogen and oxygen atoms in total. The molecule has 0 amide bonds. The Morgan fingerprint density at radius 1 is 1.28 bits per heavy atom. The first kappa shape index (κ1) is 23.6. The van der Waals surface area contributed by atoms with E-state index in [9.17, 15) is 9.50 Å². The molecule has 1 unspecified atom stereocenters. The van der Waals surface area contributed by atoms with Gasteiger partial charge in [0.15, 0.2) is 5.96 Å². The van der Waals surface area contributed by atoms with Crippen molar-refractivity contribution in [3.8, 4) is 0 Å². The van der Waals surface area contributed by atoms with E-state index in [0.29, 0.717) is 5.56 Å². The molecule has 1 fully saturated rings. The second kappa shape index (κ2) is 11.5. The molecule has 1 aliphatic heterocycles. The Kier molecular flexibility index (Phi) is 9.31. The standard InChI is InChI=1S/C20H28FN5O2.HI/c1-3-22-20(23-13-19(27)16-4-6-17(21)7-5-16)26-10-8-25(9-11-26)14-18-12-15(2)28-24-18;/h4-7,12,19,27H,3,8-11,13-14H2,1-2H3,(H,22,23);1H. The lowest BCUT2D eigenvalue weighted by Crippen LogP contribution is -2.52. The number of rotatable bonds is 6. The maximum atomic E-state index is 13.0. The first-order chi connectivity index (χ1) is 13.5. The minimum Gasteiger partial charge on any atom is -0.386 e. The smallest absolute Gasteiger partial charge is 0.194 e. The van der Waals surface area contributed by atoms with E-state index >= 15 is 0 Å². The number of nitrogens with one attached hydrogen (secondary N) is 1. The zero-order valence-corrected chi connectivity index (χ0v) is 19.2. The number of aliphatic hydroxyl groups is 1. The Bertz CT molecular complexity index is 775. The van der Waals surface area contributed by atoms with Gasteiger partial charge in [-0.15, -0.1) is 24.0 Å². The number of halogens is 2. The Labute approximate surface area is 188 Å². The number of hydrogen-bond acceptors (Lipinski definition) is 5. The van der Waals surface area contributed by atoms with E-state index in [1.165, 1.54) is 12.1 Å². The molecule has 0 spiro atoms. The van der Waals surface area contributed by atoms with E-state index in [4.69, 9.17) is 4.52 Å². The van der Waals surface area contributed by atoms with Crippen LogP contribution in [0, 0.1) is 12.7 Å². The largest absolute Gasteiger partial charge is 0.386 e. The van der Waals surface area contributed by atoms with Gasteiger partial charge in [0.25, 0.3) is 0 Å². The van der Waals surface area contributed by atoms with Crippen LogP contribution in [0.4, 0.5) is 4.39 Å². The summed E-state index contributed by atoms with van der Waals surface area (Å²) >= 11 is 0. The fraction of sp³-hybridized carbons (Fsp3) is 0.500. The summed E-state index contributed by atoms with van der Waals surface area (Å²) in [6, 6.07) is 7.85. The van der Waals surface area contributed by atoms with Crippen LogP contribution in [-0.4, -0.2) is 65.3 Å². The van der Waals surface area contributed by atoms with E-state index in [0.717, 1.165) is 56.7 Å². The predicted octanol–water partition coefficient (Wildman–Crippen LogP) is 2.56. The summed E-state index contributed by atoms with van der Waals surface area (Å²) in [6.45, 7) is 9.17. The lowest BCUT2D eigenvalue weighted by atomic mass is 10.1. The molecule has 160 valence electrons. The predicted molar refractivity (Wildman–Crippen MR) is 121 cm³/mol. The van der Waals surface area contributed by atoms with Gasteiger partial charge in [-0.2, -0.15) is 0 Å². The molecular formula is C20H29FIN5O2. The number of guanidine groups is 1. The van der Waals surface area contributed by atoms with Crippen molar-refractivity contribution >= 4 is 29.9 Å². The average molecular weight is 517 g/mol. The molecule has 3 rings (SSSR count). The first-order valence-electron chi connectivity index (χ1n) is 9.66. The summed E-state index contributed by atoms with van der Waals surface area (Å²) in [7, 11) is 0. The zero-order chi connectivity index (χ0) is 19.9. The van der Waals surface area contributed by atoms with Crippen molar-refractivity contribution in [3.63, 3.8) is 0 Å². The van der Waals surface area contributed by atoms with E-state index in [1.54, 1.807) is 12.1 Å². The molecule has 1 saturated heterocycles. The first-order valence-corrected chi connectivity index (χ1v) is 9.66. The molecule has 0 aliphatic carbocycles. The van der Waals surface area contributed by atoms with E-state index in [-0.39, 0.29) is 36.3 Å². The van der Waals surface area contributed by atoms with Gasteiger partial charge in [-0.25, -0.2) is 4.39 Å². The van der Waals surface area contributed by atoms with Crippen LogP contribution >= 0.6 is 24.0 Å². The van der Waals surface area contributed by atoms with Gasteiger partial charge >= 0.3 is 0 Å². The molecule has 1 aromatic heterocycles. The van der Waals surface area contributed by atoms with Gasteiger partial charge in [0, 0.05) is 45.3 Å². The molecule has 29 heavy (non-hydrogen) atoms. The molecule has 0 bridgehead atoms. The monoisotopic (exact) mass is 517 g/mol. The quantitative estimate of drug-likeness (QED) is 0.349. The third-order valence-electron chi connectivity index (χ3n) is 4.74. The number of aryl methyl sites for hydroxylation is 1. The number of benzene rings is 1. The molecule has 9 heteroatoms. The number of aromatic nitrogens is 1. The van der Waals surface area contributed by atoms with Crippen LogP contribution in [0.15, 0.2) is 39.8 Å². The van der Waals surface area contributed by atoms with E-state index in [1.807, 2.05) is 19.9 Å². The van der Waals surface area contributed by atoms with Crippen LogP contribution < -0.4 is 5.32 Å². The SMILES string of the molecule is CCNC(=NCC(O)c1ccc(F)cc1)N1CCN(Cc2cc(C)on2)CC1.I. The number of piperazine rings is 1. The summed E-state index contributed by atoms with van der Waals surface area (Å²) < 4.78 is 18.2. The van der Waals surface area contributed by atoms with Crippen molar-refractivity contribution in [3.05, 3.63) is 53.2 Å². The molecule has 1 atom stereocenters. The van der Waals surface area contributed by atoms with Gasteiger partial charge in [-0.1, -0.05) is 17.3 Å². The maximum Gasteiger partial charge on any atom is 0.194 e. The third-order valence-corrected chi connectivity index (χ3v) is 4.74. The molecule has 2 heterocycles. The van der Waals surface area contributed by atoms with Crippen LogP contribution in [0.5, 0.6) is 0 Å². The number of hydrogen-bond donors (Lipinski definition) is 2. The van der Waals surface area contributed by atoms with Crippen molar-refractivity contribution in [1.29, 1.82) is 0 Å². The summed E-state index contributed by atoms with van der Waals surface area (Å²) in [5, 5.41) is 17.7. The van der Waals surface area contributed by atoms with Crippen molar-refractivity contribution in [2.45, 2.75) is 26.5 Å². The van der Waals surface area contributed by atoms with Gasteiger partial charge in [0.2, 0.25) is 0 Å². The number of aliphatic hydroxyl groups excluding tert-OH is 1. The fourth-order valence-corrected chi connectivity index (χ4v) is 3.23. The summed E-state index contributed by atoms with van der Waals surface area (Å²) in [4.78, 5) is 9.13. The van der Waals surface area contributed by atoms with Crippen molar-refractivity contribution in [2.24, 2.45) is 4.99 Å². The Hall–Kier alpha value is -1.72. The lowest BCUT2D eigenvalue weighted by Gasteiger charge is -2.36. The zero-order valence-electron chi connectivity index (χ0n) is 16.8. The van der Waals surface area contributed by atoms with Gasteiger partial charge < -0.3 is 19.8 Å². The van der Waals surface area contributed by atoms with Crippen LogP contribution in [0.1, 0.15) is 30.0 Å². The molecule has 0 radical (unpaired) electrons. The summed E-state index contributed by atoms with van der Waals surface area (Å²) in [6.07, 6.45) is -0.758. The van der Waals surface area contributed by atoms with Gasteiger partial charge in [0.1, 0.15) is 11.6 Å². The summed E-state index contributed by atoms with van der Waals surface area (Å²) in [5.74, 6) is 1.31. The summed E-state index contributed by atoms with van der Waals surface area (Å²) in [5.41, 5.74) is 1.61. The van der Waals surface area contributed by atoms with Crippen molar-refractivity contribution < 1.29 is 14.0 Å².